The monoisotopic (exact) mass is 281 g/mol. The number of hydrogen-bond donors (Lipinski definition) is 1. The number of nitrogens with zero attached hydrogens (tertiary/aromatic N) is 1. The molecule has 0 aliphatic rings. The quantitative estimate of drug-likeness (QED) is 0.864. The van der Waals surface area contributed by atoms with E-state index in [0.717, 1.165) is 0 Å². The lowest BCUT2D eigenvalue weighted by Crippen LogP contribution is -2.19. The van der Waals surface area contributed by atoms with Crippen LogP contribution in [0.4, 0.5) is 22.0 Å². The molecule has 0 heterocycles. The van der Waals surface area contributed by atoms with Crippen LogP contribution in [0.5, 0.6) is 5.75 Å². The number of ether oxygens (including phenoxy) is 1. The summed E-state index contributed by atoms with van der Waals surface area (Å²) in [6.45, 7) is 0. The van der Waals surface area contributed by atoms with Gasteiger partial charge < -0.3 is 9.84 Å². The Labute approximate surface area is 102 Å². The van der Waals surface area contributed by atoms with Gasteiger partial charge in [0.2, 0.25) is 0 Å². The Morgan fingerprint density at radius 2 is 1.95 bits per heavy atom. The third kappa shape index (κ3) is 3.54. The van der Waals surface area contributed by atoms with Gasteiger partial charge in [-0.25, -0.2) is 13.6 Å². The van der Waals surface area contributed by atoms with Crippen LogP contribution in [0.2, 0.25) is 0 Å². The van der Waals surface area contributed by atoms with Crippen molar-refractivity contribution in [3.8, 4) is 11.8 Å². The maximum atomic E-state index is 12.5. The van der Waals surface area contributed by atoms with Gasteiger partial charge >= 0.3 is 12.3 Å². The molecule has 1 N–H and O–H groups in total. The van der Waals surface area contributed by atoms with E-state index in [-0.39, 0.29) is 6.07 Å². The van der Waals surface area contributed by atoms with Crippen LogP contribution in [0.15, 0.2) is 12.1 Å². The number of carbonyl (C=O) groups is 1. The number of benzene rings is 1. The number of halogens is 5. The lowest BCUT2D eigenvalue weighted by molar-refractivity contribution is -0.274. The number of hydrogen-bond acceptors (Lipinski definition) is 3. The molecule has 102 valence electrons. The van der Waals surface area contributed by atoms with Gasteiger partial charge in [0.1, 0.15) is 11.3 Å². The highest BCUT2D eigenvalue weighted by atomic mass is 19.4. The van der Waals surface area contributed by atoms with Crippen LogP contribution in [0.1, 0.15) is 27.9 Å². The van der Waals surface area contributed by atoms with E-state index in [4.69, 9.17) is 10.4 Å². The second-order valence-corrected chi connectivity index (χ2v) is 3.20. The molecule has 0 amide bonds. The minimum Gasteiger partial charge on any atom is -0.478 e. The third-order valence-electron chi connectivity index (χ3n) is 1.96. The Morgan fingerprint density at radius 1 is 1.37 bits per heavy atom. The molecule has 4 nitrogen and oxygen atoms in total. The molecule has 0 radical (unpaired) electrons. The first-order chi connectivity index (χ1) is 8.65. The molecule has 0 unspecified atom stereocenters. The summed E-state index contributed by atoms with van der Waals surface area (Å²) in [4.78, 5) is 10.7. The molecule has 19 heavy (non-hydrogen) atoms. The molecule has 0 bridgehead atoms. The second kappa shape index (κ2) is 5.09. The number of nitriles is 1. The van der Waals surface area contributed by atoms with Crippen molar-refractivity contribution >= 4 is 5.97 Å². The summed E-state index contributed by atoms with van der Waals surface area (Å²) >= 11 is 0. The minimum absolute atomic E-state index is 0.284. The van der Waals surface area contributed by atoms with Gasteiger partial charge in [-0.05, 0) is 12.1 Å². The molecule has 0 aromatic heterocycles. The summed E-state index contributed by atoms with van der Waals surface area (Å²) in [5.74, 6) is -3.11. The zero-order valence-electron chi connectivity index (χ0n) is 8.83. The number of carboxylic acids is 1. The summed E-state index contributed by atoms with van der Waals surface area (Å²) in [6, 6.07) is 1.85. The van der Waals surface area contributed by atoms with E-state index in [9.17, 15) is 26.7 Å². The van der Waals surface area contributed by atoms with Gasteiger partial charge in [0.15, 0.2) is 0 Å². The predicted octanol–water partition coefficient (Wildman–Crippen LogP) is 3.09. The van der Waals surface area contributed by atoms with Crippen molar-refractivity contribution in [2.75, 3.05) is 0 Å². The topological polar surface area (TPSA) is 70.3 Å². The summed E-state index contributed by atoms with van der Waals surface area (Å²) in [5, 5.41) is 17.2. The fourth-order valence-electron chi connectivity index (χ4n) is 1.25. The molecule has 0 saturated heterocycles. The van der Waals surface area contributed by atoms with Crippen LogP contribution in [0.3, 0.4) is 0 Å². The average Bonchev–Trinajstić information content (AvgIpc) is 2.25. The summed E-state index contributed by atoms with van der Waals surface area (Å²) in [6.07, 6.45) is -8.41. The summed E-state index contributed by atoms with van der Waals surface area (Å²) < 4.78 is 64.5. The maximum absolute atomic E-state index is 12.5. The van der Waals surface area contributed by atoms with E-state index < -0.39 is 41.2 Å². The van der Waals surface area contributed by atoms with Crippen molar-refractivity contribution in [2.45, 2.75) is 12.8 Å². The van der Waals surface area contributed by atoms with E-state index in [1.54, 1.807) is 0 Å². The third-order valence-corrected chi connectivity index (χ3v) is 1.96. The Kier molecular flexibility index (Phi) is 3.94. The fourth-order valence-corrected chi connectivity index (χ4v) is 1.25. The molecule has 0 aliphatic carbocycles. The zero-order valence-corrected chi connectivity index (χ0v) is 8.83. The van der Waals surface area contributed by atoms with Crippen molar-refractivity contribution in [3.63, 3.8) is 0 Å². The summed E-state index contributed by atoms with van der Waals surface area (Å²) in [5.41, 5.74) is -2.87. The highest BCUT2D eigenvalue weighted by Crippen LogP contribution is 2.32. The smallest absolute Gasteiger partial charge is 0.478 e. The molecule has 1 rings (SSSR count). The van der Waals surface area contributed by atoms with Crippen LogP contribution in [0, 0.1) is 11.3 Å². The fraction of sp³-hybridized carbons (Fsp3) is 0.200. The molecule has 1 aromatic carbocycles. The van der Waals surface area contributed by atoms with Gasteiger partial charge in [-0.1, -0.05) is 0 Å². The number of alkyl halides is 5. The maximum Gasteiger partial charge on any atom is 0.573 e. The van der Waals surface area contributed by atoms with E-state index >= 15 is 0 Å². The first-order valence-corrected chi connectivity index (χ1v) is 4.51. The van der Waals surface area contributed by atoms with Crippen LogP contribution < -0.4 is 4.74 Å². The second-order valence-electron chi connectivity index (χ2n) is 3.20. The minimum atomic E-state index is -5.21. The molecule has 0 atom stereocenters. The van der Waals surface area contributed by atoms with E-state index in [1.807, 2.05) is 0 Å². The van der Waals surface area contributed by atoms with Gasteiger partial charge in [-0.3, -0.25) is 0 Å². The van der Waals surface area contributed by atoms with Crippen molar-refractivity contribution in [3.05, 3.63) is 28.8 Å². The van der Waals surface area contributed by atoms with Crippen LogP contribution in [0.25, 0.3) is 0 Å². The molecule has 9 heteroatoms. The molecule has 1 aromatic rings. The normalized spacial score (nSPS) is 11.2. The molecule has 0 spiro atoms. The van der Waals surface area contributed by atoms with E-state index in [0.29, 0.717) is 6.07 Å². The van der Waals surface area contributed by atoms with Gasteiger partial charge in [-0.2, -0.15) is 5.26 Å². The SMILES string of the molecule is N#Cc1cc(OC(F)(F)F)c(C(=O)O)cc1C(F)F. The average molecular weight is 281 g/mol. The van der Waals surface area contributed by atoms with Gasteiger partial charge in [0.05, 0.1) is 11.6 Å². The predicted molar refractivity (Wildman–Crippen MR) is 49.8 cm³/mol. The standard InChI is InChI=1S/C10H4F5NO3/c11-8(12)5-2-6(9(17)18)7(1-4(5)3-16)19-10(13,14)15/h1-2,8H,(H,17,18). The van der Waals surface area contributed by atoms with Crippen molar-refractivity contribution in [1.29, 1.82) is 5.26 Å². The lowest BCUT2D eigenvalue weighted by Gasteiger charge is -2.13. The zero-order chi connectivity index (χ0) is 14.8. The Bertz CT molecular complexity index is 547. The molecular weight excluding hydrogens is 277 g/mol. The van der Waals surface area contributed by atoms with Crippen LogP contribution in [-0.4, -0.2) is 17.4 Å². The van der Waals surface area contributed by atoms with Crippen molar-refractivity contribution < 1.29 is 36.6 Å². The summed E-state index contributed by atoms with van der Waals surface area (Å²) in [7, 11) is 0. The van der Waals surface area contributed by atoms with E-state index in [2.05, 4.69) is 4.74 Å². The van der Waals surface area contributed by atoms with Crippen LogP contribution >= 0.6 is 0 Å². The Hall–Kier alpha value is -2.37. The Morgan fingerprint density at radius 3 is 2.32 bits per heavy atom. The first kappa shape index (κ1) is 14.7. The highest BCUT2D eigenvalue weighted by molar-refractivity contribution is 5.91. The molecular formula is C10H4F5NO3. The number of aromatic carboxylic acids is 1. The van der Waals surface area contributed by atoms with Gasteiger partial charge in [0.25, 0.3) is 6.43 Å². The Balaban J connectivity index is 3.46. The largest absolute Gasteiger partial charge is 0.573 e. The first-order valence-electron chi connectivity index (χ1n) is 4.51. The highest BCUT2D eigenvalue weighted by Gasteiger charge is 2.34. The van der Waals surface area contributed by atoms with Crippen LogP contribution in [-0.2, 0) is 0 Å². The van der Waals surface area contributed by atoms with Gasteiger partial charge in [0, 0.05) is 5.56 Å². The van der Waals surface area contributed by atoms with Crippen molar-refractivity contribution in [1.82, 2.24) is 0 Å². The molecule has 0 fully saturated rings. The number of carboxylic acid groups (broad SMARTS) is 1. The van der Waals surface area contributed by atoms with Gasteiger partial charge in [-0.15, -0.1) is 13.2 Å². The number of rotatable bonds is 3. The lowest BCUT2D eigenvalue weighted by atomic mass is 10.0. The van der Waals surface area contributed by atoms with Crippen molar-refractivity contribution in [2.24, 2.45) is 0 Å². The molecule has 0 saturated carbocycles. The molecule has 0 aliphatic heterocycles. The van der Waals surface area contributed by atoms with E-state index in [1.165, 1.54) is 6.07 Å².